The van der Waals surface area contributed by atoms with Crippen molar-refractivity contribution in [2.24, 2.45) is 0 Å². The van der Waals surface area contributed by atoms with E-state index in [9.17, 15) is 4.79 Å². The molecular formula is C11H20O4. The minimum atomic E-state index is -0.0998. The van der Waals surface area contributed by atoms with Gasteiger partial charge in [-0.15, -0.1) is 0 Å². The minimum Gasteiger partial charge on any atom is -0.463 e. The highest BCUT2D eigenvalue weighted by Gasteiger charge is 2.23. The lowest BCUT2D eigenvalue weighted by Crippen LogP contribution is -2.09. The summed E-state index contributed by atoms with van der Waals surface area (Å²) >= 11 is 0. The lowest BCUT2D eigenvalue weighted by Gasteiger charge is -2.02. The summed E-state index contributed by atoms with van der Waals surface area (Å²) in [6, 6.07) is 0. The summed E-state index contributed by atoms with van der Waals surface area (Å²) in [5.74, 6) is -0.0998. The molecule has 1 atom stereocenters. The van der Waals surface area contributed by atoms with Gasteiger partial charge in [-0.3, -0.25) is 4.79 Å². The van der Waals surface area contributed by atoms with Crippen molar-refractivity contribution in [1.29, 1.82) is 0 Å². The molecule has 0 radical (unpaired) electrons. The summed E-state index contributed by atoms with van der Waals surface area (Å²) in [4.78, 5) is 11.2. The lowest BCUT2D eigenvalue weighted by molar-refractivity contribution is -0.144. The fraction of sp³-hybridized carbons (Fsp3) is 0.909. The third kappa shape index (κ3) is 7.33. The number of rotatable bonds is 9. The Labute approximate surface area is 90.9 Å². The van der Waals surface area contributed by atoms with Crippen LogP contribution in [0.3, 0.4) is 0 Å². The lowest BCUT2D eigenvalue weighted by atomic mass is 10.1. The van der Waals surface area contributed by atoms with Crippen molar-refractivity contribution < 1.29 is 19.0 Å². The van der Waals surface area contributed by atoms with Crippen LogP contribution in [-0.2, 0) is 19.0 Å². The molecule has 0 saturated carbocycles. The Hall–Kier alpha value is -0.610. The molecule has 0 bridgehead atoms. The zero-order valence-corrected chi connectivity index (χ0v) is 9.37. The first-order chi connectivity index (χ1) is 7.33. The molecule has 4 nitrogen and oxygen atoms in total. The largest absolute Gasteiger partial charge is 0.463 e. The van der Waals surface area contributed by atoms with Gasteiger partial charge in [-0.1, -0.05) is 12.8 Å². The summed E-state index contributed by atoms with van der Waals surface area (Å²) in [6.45, 7) is 1.98. The molecule has 0 spiro atoms. The van der Waals surface area contributed by atoms with E-state index in [-0.39, 0.29) is 12.1 Å². The number of esters is 1. The van der Waals surface area contributed by atoms with E-state index in [1.165, 1.54) is 0 Å². The van der Waals surface area contributed by atoms with Gasteiger partial charge >= 0.3 is 5.97 Å². The number of hydrogen-bond donors (Lipinski definition) is 0. The highest BCUT2D eigenvalue weighted by Crippen LogP contribution is 2.10. The third-order valence-electron chi connectivity index (χ3n) is 2.31. The predicted octanol–water partition coefficient (Wildman–Crippen LogP) is 1.53. The van der Waals surface area contributed by atoms with Gasteiger partial charge in [-0.25, -0.2) is 0 Å². The molecule has 88 valence electrons. The zero-order valence-electron chi connectivity index (χ0n) is 9.37. The molecule has 0 aliphatic carbocycles. The number of carbonyl (C=O) groups is 1. The fourth-order valence-corrected chi connectivity index (χ4v) is 1.29. The molecule has 1 heterocycles. The van der Waals surface area contributed by atoms with Crippen LogP contribution in [0.5, 0.6) is 0 Å². The smallest absolute Gasteiger partial charge is 0.305 e. The van der Waals surface area contributed by atoms with Crippen LogP contribution in [0.4, 0.5) is 0 Å². The van der Waals surface area contributed by atoms with Crippen molar-refractivity contribution in [2.75, 3.05) is 26.9 Å². The maximum Gasteiger partial charge on any atom is 0.305 e. The summed E-state index contributed by atoms with van der Waals surface area (Å²) < 4.78 is 14.9. The Balaban J connectivity index is 1.79. The second-order valence-corrected chi connectivity index (χ2v) is 3.80. The number of epoxide rings is 1. The average molecular weight is 216 g/mol. The van der Waals surface area contributed by atoms with Crippen LogP contribution >= 0.6 is 0 Å². The van der Waals surface area contributed by atoms with Crippen LogP contribution in [0.25, 0.3) is 0 Å². The van der Waals surface area contributed by atoms with Crippen molar-refractivity contribution in [3.8, 4) is 0 Å². The topological polar surface area (TPSA) is 48.1 Å². The number of carbonyl (C=O) groups excluding carboxylic acids is 1. The molecule has 1 aliphatic heterocycles. The Morgan fingerprint density at radius 2 is 2.07 bits per heavy atom. The molecular weight excluding hydrogens is 196 g/mol. The summed E-state index contributed by atoms with van der Waals surface area (Å²) in [6.07, 6.45) is 4.87. The van der Waals surface area contributed by atoms with Crippen LogP contribution in [0.2, 0.25) is 0 Å². The van der Waals surface area contributed by atoms with E-state index in [1.54, 1.807) is 7.11 Å². The number of unbranched alkanes of at least 4 members (excludes halogenated alkanes) is 3. The second-order valence-electron chi connectivity index (χ2n) is 3.80. The summed E-state index contributed by atoms with van der Waals surface area (Å²) in [5.41, 5.74) is 0. The Morgan fingerprint density at radius 3 is 2.73 bits per heavy atom. The molecule has 1 aliphatic rings. The van der Waals surface area contributed by atoms with E-state index in [0.717, 1.165) is 38.9 Å². The Kier molecular flexibility index (Phi) is 6.36. The third-order valence-corrected chi connectivity index (χ3v) is 2.31. The number of hydrogen-bond acceptors (Lipinski definition) is 4. The molecule has 15 heavy (non-hydrogen) atoms. The van der Waals surface area contributed by atoms with E-state index in [2.05, 4.69) is 0 Å². The van der Waals surface area contributed by atoms with Gasteiger partial charge in [0.15, 0.2) is 0 Å². The molecule has 1 fully saturated rings. The van der Waals surface area contributed by atoms with E-state index < -0.39 is 0 Å². The Bertz CT molecular complexity index is 177. The molecule has 1 saturated heterocycles. The predicted molar refractivity (Wildman–Crippen MR) is 55.7 cm³/mol. The van der Waals surface area contributed by atoms with E-state index in [4.69, 9.17) is 14.2 Å². The molecule has 0 N–H and O–H groups in total. The summed E-state index contributed by atoms with van der Waals surface area (Å²) in [7, 11) is 1.71. The molecule has 1 unspecified atom stereocenters. The highest BCUT2D eigenvalue weighted by molar-refractivity contribution is 5.69. The first kappa shape index (κ1) is 12.5. The molecule has 0 amide bonds. The van der Waals surface area contributed by atoms with Gasteiger partial charge in [0.05, 0.1) is 6.61 Å². The molecule has 1 rings (SSSR count). The van der Waals surface area contributed by atoms with Gasteiger partial charge in [0.2, 0.25) is 0 Å². The zero-order chi connectivity index (χ0) is 10.9. The van der Waals surface area contributed by atoms with Crippen LogP contribution in [0, 0.1) is 0 Å². The standard InChI is InChI=1S/C11H20O4/c1-13-7-5-3-2-4-6-11(12)15-9-10-8-14-10/h10H,2-9H2,1H3. The van der Waals surface area contributed by atoms with Gasteiger partial charge in [-0.05, 0) is 12.8 Å². The van der Waals surface area contributed by atoms with Gasteiger partial charge in [-0.2, -0.15) is 0 Å². The average Bonchev–Trinajstić information content (AvgIpc) is 3.04. The normalized spacial score (nSPS) is 18.9. The van der Waals surface area contributed by atoms with Crippen LogP contribution in [-0.4, -0.2) is 39.0 Å². The van der Waals surface area contributed by atoms with Crippen LogP contribution in [0.15, 0.2) is 0 Å². The molecule has 0 aromatic rings. The van der Waals surface area contributed by atoms with Gasteiger partial charge in [0.25, 0.3) is 0 Å². The van der Waals surface area contributed by atoms with E-state index in [0.29, 0.717) is 13.0 Å². The van der Waals surface area contributed by atoms with Gasteiger partial charge < -0.3 is 14.2 Å². The number of ether oxygens (including phenoxy) is 3. The monoisotopic (exact) mass is 216 g/mol. The van der Waals surface area contributed by atoms with E-state index >= 15 is 0 Å². The van der Waals surface area contributed by atoms with Crippen LogP contribution < -0.4 is 0 Å². The highest BCUT2D eigenvalue weighted by atomic mass is 16.6. The van der Waals surface area contributed by atoms with Crippen molar-refractivity contribution in [3.63, 3.8) is 0 Å². The van der Waals surface area contributed by atoms with Gasteiger partial charge in [0, 0.05) is 20.1 Å². The fourth-order valence-electron chi connectivity index (χ4n) is 1.29. The Morgan fingerprint density at radius 1 is 1.33 bits per heavy atom. The minimum absolute atomic E-state index is 0.0998. The molecule has 4 heteroatoms. The summed E-state index contributed by atoms with van der Waals surface area (Å²) in [5, 5.41) is 0. The SMILES string of the molecule is COCCCCCCC(=O)OCC1CO1. The maximum atomic E-state index is 11.2. The maximum absolute atomic E-state index is 11.2. The van der Waals surface area contributed by atoms with Crippen LogP contribution in [0.1, 0.15) is 32.1 Å². The second kappa shape index (κ2) is 7.65. The quantitative estimate of drug-likeness (QED) is 0.333. The molecule has 0 aromatic heterocycles. The van der Waals surface area contributed by atoms with Gasteiger partial charge in [0.1, 0.15) is 12.7 Å². The number of methoxy groups -OCH3 is 1. The van der Waals surface area contributed by atoms with Crippen molar-refractivity contribution in [1.82, 2.24) is 0 Å². The van der Waals surface area contributed by atoms with E-state index in [1.807, 2.05) is 0 Å². The van der Waals surface area contributed by atoms with Crippen molar-refractivity contribution in [2.45, 2.75) is 38.2 Å². The first-order valence-electron chi connectivity index (χ1n) is 5.59. The first-order valence-corrected chi connectivity index (χ1v) is 5.59. The molecule has 0 aromatic carbocycles. The van der Waals surface area contributed by atoms with Crippen molar-refractivity contribution >= 4 is 5.97 Å². The van der Waals surface area contributed by atoms with Crippen molar-refractivity contribution in [3.05, 3.63) is 0 Å².